The molecule has 23 heavy (non-hydrogen) atoms. The SMILES string of the molecule is CC1=Cc2ccccc2C1[Si](C)C1C(C)=C(C)c2ccccc21. The van der Waals surface area contributed by atoms with Crippen molar-refractivity contribution in [3.05, 3.63) is 81.9 Å². The Labute approximate surface area is 141 Å². The van der Waals surface area contributed by atoms with Crippen molar-refractivity contribution < 1.29 is 0 Å². The molecule has 0 nitrogen and oxygen atoms in total. The lowest BCUT2D eigenvalue weighted by molar-refractivity contribution is 1.01. The zero-order valence-electron chi connectivity index (χ0n) is 14.4. The second-order valence-corrected chi connectivity index (χ2v) is 9.67. The predicted octanol–water partition coefficient (Wildman–Crippen LogP) is 5.98. The summed E-state index contributed by atoms with van der Waals surface area (Å²) in [7, 11) is -0.625. The molecule has 0 heterocycles. The van der Waals surface area contributed by atoms with Gasteiger partial charge in [0, 0.05) is 0 Å². The van der Waals surface area contributed by atoms with E-state index in [4.69, 9.17) is 0 Å². The Morgan fingerprint density at radius 1 is 0.783 bits per heavy atom. The molecule has 0 aliphatic heterocycles. The second kappa shape index (κ2) is 5.35. The van der Waals surface area contributed by atoms with E-state index in [-0.39, 0.29) is 0 Å². The largest absolute Gasteiger partial charge is 0.0718 e. The van der Waals surface area contributed by atoms with Crippen molar-refractivity contribution >= 4 is 20.4 Å². The fraction of sp³-hybridized carbons (Fsp3) is 0.273. The molecule has 0 saturated carbocycles. The molecule has 1 heteroatoms. The number of hydrogen-bond donors (Lipinski definition) is 0. The maximum Gasteiger partial charge on any atom is 0.0718 e. The Kier molecular flexibility index (Phi) is 3.42. The van der Waals surface area contributed by atoms with Crippen LogP contribution in [0.4, 0.5) is 0 Å². The minimum absolute atomic E-state index is 0.625. The van der Waals surface area contributed by atoms with E-state index < -0.39 is 8.80 Å². The van der Waals surface area contributed by atoms with Gasteiger partial charge in [0.05, 0.1) is 8.80 Å². The highest BCUT2D eigenvalue weighted by Crippen LogP contribution is 2.48. The normalized spacial score (nSPS) is 22.4. The van der Waals surface area contributed by atoms with E-state index in [1.165, 1.54) is 16.7 Å². The van der Waals surface area contributed by atoms with E-state index >= 15 is 0 Å². The average molecular weight is 316 g/mol. The summed E-state index contributed by atoms with van der Waals surface area (Å²) in [4.78, 5) is 0. The Morgan fingerprint density at radius 3 is 2.22 bits per heavy atom. The average Bonchev–Trinajstić information content (AvgIpc) is 3.02. The summed E-state index contributed by atoms with van der Waals surface area (Å²) in [5.74, 6) is 0. The van der Waals surface area contributed by atoms with Gasteiger partial charge in [-0.05, 0) is 59.7 Å². The third-order valence-electron chi connectivity index (χ3n) is 5.76. The molecule has 2 unspecified atom stereocenters. The van der Waals surface area contributed by atoms with Gasteiger partial charge in [0.25, 0.3) is 0 Å². The van der Waals surface area contributed by atoms with E-state index in [1.54, 1.807) is 22.3 Å². The summed E-state index contributed by atoms with van der Waals surface area (Å²) < 4.78 is 0. The van der Waals surface area contributed by atoms with Crippen LogP contribution in [0.15, 0.2) is 59.7 Å². The van der Waals surface area contributed by atoms with Gasteiger partial charge in [0.2, 0.25) is 0 Å². The maximum absolute atomic E-state index is 2.54. The van der Waals surface area contributed by atoms with E-state index in [1.807, 2.05) is 0 Å². The summed E-state index contributed by atoms with van der Waals surface area (Å²) in [6, 6.07) is 18.0. The van der Waals surface area contributed by atoms with Gasteiger partial charge in [-0.25, -0.2) is 0 Å². The smallest absolute Gasteiger partial charge is 0.0695 e. The molecule has 0 aromatic heterocycles. The van der Waals surface area contributed by atoms with Crippen molar-refractivity contribution in [1.29, 1.82) is 0 Å². The van der Waals surface area contributed by atoms with Crippen molar-refractivity contribution in [2.45, 2.75) is 38.4 Å². The lowest BCUT2D eigenvalue weighted by Crippen LogP contribution is -2.28. The molecule has 0 bridgehead atoms. The van der Waals surface area contributed by atoms with Crippen LogP contribution >= 0.6 is 0 Å². The van der Waals surface area contributed by atoms with Gasteiger partial charge in [-0.2, -0.15) is 0 Å². The predicted molar refractivity (Wildman–Crippen MR) is 102 cm³/mol. The standard InChI is InChI=1S/C22H23Si/c1-14-13-17-9-5-6-11-19(17)21(14)23(4)22-16(3)15(2)18-10-7-8-12-20(18)22/h5-13,21-22H,1-4H3. The number of rotatable bonds is 2. The molecule has 2 aromatic rings. The molecule has 1 radical (unpaired) electrons. The molecule has 0 fully saturated rings. The van der Waals surface area contributed by atoms with Crippen LogP contribution in [0.3, 0.4) is 0 Å². The third kappa shape index (κ3) is 2.10. The minimum atomic E-state index is -0.625. The topological polar surface area (TPSA) is 0 Å². The molecule has 2 aliphatic carbocycles. The monoisotopic (exact) mass is 315 g/mol. The van der Waals surface area contributed by atoms with Crippen LogP contribution in [0.25, 0.3) is 11.6 Å². The summed E-state index contributed by atoms with van der Waals surface area (Å²) in [6.45, 7) is 9.52. The Bertz CT molecular complexity index is 841. The van der Waals surface area contributed by atoms with Gasteiger partial charge in [0.1, 0.15) is 0 Å². The highest BCUT2D eigenvalue weighted by molar-refractivity contribution is 6.63. The molecule has 0 spiro atoms. The minimum Gasteiger partial charge on any atom is -0.0695 e. The Morgan fingerprint density at radius 2 is 1.43 bits per heavy atom. The van der Waals surface area contributed by atoms with Crippen molar-refractivity contribution in [3.8, 4) is 0 Å². The molecule has 0 saturated heterocycles. The number of fused-ring (bicyclic) bond motifs is 2. The van der Waals surface area contributed by atoms with Gasteiger partial charge in [-0.3, -0.25) is 0 Å². The molecule has 2 aromatic carbocycles. The molecular formula is C22H23Si. The number of benzene rings is 2. The fourth-order valence-corrected chi connectivity index (χ4v) is 8.12. The van der Waals surface area contributed by atoms with Crippen LogP contribution in [0.5, 0.6) is 0 Å². The Hall–Kier alpha value is -1.86. The van der Waals surface area contributed by atoms with Gasteiger partial charge in [0.15, 0.2) is 0 Å². The van der Waals surface area contributed by atoms with Crippen LogP contribution in [0.2, 0.25) is 6.55 Å². The number of allylic oxidation sites excluding steroid dienone is 3. The Balaban J connectivity index is 1.79. The zero-order valence-corrected chi connectivity index (χ0v) is 15.4. The molecule has 0 amide bonds. The third-order valence-corrected chi connectivity index (χ3v) is 9.09. The van der Waals surface area contributed by atoms with E-state index in [2.05, 4.69) is 81.9 Å². The lowest BCUT2D eigenvalue weighted by Gasteiger charge is -2.28. The zero-order chi connectivity index (χ0) is 16.1. The molecule has 2 aliphatic rings. The molecular weight excluding hydrogens is 292 g/mol. The lowest BCUT2D eigenvalue weighted by atomic mass is 10.1. The molecule has 115 valence electrons. The van der Waals surface area contributed by atoms with Gasteiger partial charge < -0.3 is 0 Å². The van der Waals surface area contributed by atoms with Crippen LogP contribution in [-0.2, 0) is 0 Å². The van der Waals surface area contributed by atoms with E-state index in [0.717, 1.165) is 0 Å². The van der Waals surface area contributed by atoms with Crippen molar-refractivity contribution in [2.75, 3.05) is 0 Å². The summed E-state index contributed by atoms with van der Waals surface area (Å²) in [6.07, 6.45) is 2.40. The van der Waals surface area contributed by atoms with Crippen molar-refractivity contribution in [2.24, 2.45) is 0 Å². The second-order valence-electron chi connectivity index (χ2n) is 7.02. The van der Waals surface area contributed by atoms with Gasteiger partial charge in [-0.1, -0.05) is 72.3 Å². The quantitative estimate of drug-likeness (QED) is 0.598. The fourth-order valence-electron chi connectivity index (χ4n) is 4.59. The molecule has 2 atom stereocenters. The van der Waals surface area contributed by atoms with Crippen LogP contribution < -0.4 is 0 Å². The first-order valence-corrected chi connectivity index (χ1v) is 10.6. The molecule has 0 N–H and O–H groups in total. The summed E-state index contributed by atoms with van der Waals surface area (Å²) in [5.41, 5.74) is 12.0. The first kappa shape index (κ1) is 14.7. The highest BCUT2D eigenvalue weighted by Gasteiger charge is 2.38. The molecule has 4 rings (SSSR count). The number of hydrogen-bond acceptors (Lipinski definition) is 0. The van der Waals surface area contributed by atoms with Gasteiger partial charge >= 0.3 is 0 Å². The van der Waals surface area contributed by atoms with E-state index in [9.17, 15) is 0 Å². The van der Waals surface area contributed by atoms with Crippen LogP contribution in [-0.4, -0.2) is 8.80 Å². The van der Waals surface area contributed by atoms with Crippen molar-refractivity contribution in [1.82, 2.24) is 0 Å². The first-order valence-electron chi connectivity index (χ1n) is 8.46. The summed E-state index contributed by atoms with van der Waals surface area (Å²) >= 11 is 0. The van der Waals surface area contributed by atoms with Crippen molar-refractivity contribution in [3.63, 3.8) is 0 Å². The van der Waals surface area contributed by atoms with Crippen LogP contribution in [0.1, 0.15) is 54.1 Å². The highest BCUT2D eigenvalue weighted by atomic mass is 28.3. The summed E-state index contributed by atoms with van der Waals surface area (Å²) in [5, 5.41) is 0. The first-order chi connectivity index (χ1) is 11.1. The maximum atomic E-state index is 2.54. The van der Waals surface area contributed by atoms with Crippen LogP contribution in [0, 0.1) is 0 Å². The van der Waals surface area contributed by atoms with E-state index in [0.29, 0.717) is 11.1 Å². The van der Waals surface area contributed by atoms with Gasteiger partial charge in [-0.15, -0.1) is 0 Å².